The number of halogens is 1. The number of aryl methyl sites for hydroxylation is 2. The summed E-state index contributed by atoms with van der Waals surface area (Å²) in [7, 11) is 1.97. The van der Waals surface area contributed by atoms with Crippen molar-refractivity contribution in [3.8, 4) is 0 Å². The van der Waals surface area contributed by atoms with Crippen molar-refractivity contribution in [2.45, 2.75) is 39.2 Å². The predicted molar refractivity (Wildman–Crippen MR) is 83.7 cm³/mol. The van der Waals surface area contributed by atoms with Gasteiger partial charge in [0.2, 0.25) is 0 Å². The minimum Gasteiger partial charge on any atom is -0.310 e. The van der Waals surface area contributed by atoms with Gasteiger partial charge in [0, 0.05) is 25.2 Å². The van der Waals surface area contributed by atoms with E-state index in [0.717, 1.165) is 37.1 Å². The lowest BCUT2D eigenvalue weighted by Gasteiger charge is -2.19. The van der Waals surface area contributed by atoms with Crippen molar-refractivity contribution in [1.29, 1.82) is 0 Å². The monoisotopic (exact) mass is 289 g/mol. The molecule has 0 aliphatic carbocycles. The van der Waals surface area contributed by atoms with Crippen LogP contribution in [0.25, 0.3) is 0 Å². The van der Waals surface area contributed by atoms with Gasteiger partial charge in [0.1, 0.15) is 5.82 Å². The first-order chi connectivity index (χ1) is 10.1. The number of benzene rings is 1. The van der Waals surface area contributed by atoms with Crippen LogP contribution in [0.15, 0.2) is 30.3 Å². The topological polar surface area (TPSA) is 29.9 Å². The molecule has 0 spiro atoms. The van der Waals surface area contributed by atoms with Gasteiger partial charge in [0.05, 0.1) is 5.69 Å². The minimum absolute atomic E-state index is 0.112. The largest absolute Gasteiger partial charge is 0.310 e. The first-order valence-electron chi connectivity index (χ1n) is 7.64. The first-order valence-corrected chi connectivity index (χ1v) is 7.64. The van der Waals surface area contributed by atoms with Gasteiger partial charge in [-0.25, -0.2) is 4.39 Å². The molecule has 114 valence electrons. The van der Waals surface area contributed by atoms with Crippen molar-refractivity contribution >= 4 is 0 Å². The second kappa shape index (κ2) is 7.36. The van der Waals surface area contributed by atoms with Crippen LogP contribution in [0.2, 0.25) is 0 Å². The summed E-state index contributed by atoms with van der Waals surface area (Å²) in [5.41, 5.74) is 3.26. The fourth-order valence-corrected chi connectivity index (χ4v) is 2.49. The maximum Gasteiger partial charge on any atom is 0.123 e. The van der Waals surface area contributed by atoms with E-state index in [1.165, 1.54) is 11.8 Å². The van der Waals surface area contributed by atoms with Gasteiger partial charge in [-0.1, -0.05) is 26.0 Å². The maximum atomic E-state index is 13.5. The third-order valence-corrected chi connectivity index (χ3v) is 3.69. The van der Waals surface area contributed by atoms with E-state index in [0.29, 0.717) is 0 Å². The average molecular weight is 289 g/mol. The van der Waals surface area contributed by atoms with E-state index in [9.17, 15) is 4.39 Å². The predicted octanol–water partition coefficient (Wildman–Crippen LogP) is 3.41. The van der Waals surface area contributed by atoms with Crippen molar-refractivity contribution in [2.24, 2.45) is 7.05 Å². The summed E-state index contributed by atoms with van der Waals surface area (Å²) in [6.45, 7) is 5.15. The Morgan fingerprint density at radius 3 is 2.71 bits per heavy atom. The Labute approximate surface area is 126 Å². The standard InChI is InChI=1S/C17H24FN3/c1-4-9-19-17(13-7-6-8-14(18)10-13)12-16-11-15(5-2)20-21(16)3/h6-8,10-11,17,19H,4-5,9,12H2,1-3H3. The fourth-order valence-electron chi connectivity index (χ4n) is 2.49. The number of hydrogen-bond acceptors (Lipinski definition) is 2. The van der Waals surface area contributed by atoms with Gasteiger partial charge < -0.3 is 5.32 Å². The van der Waals surface area contributed by atoms with Crippen molar-refractivity contribution in [2.75, 3.05) is 6.54 Å². The summed E-state index contributed by atoms with van der Waals surface area (Å²) >= 11 is 0. The second-order valence-corrected chi connectivity index (χ2v) is 5.37. The molecule has 0 bridgehead atoms. The third-order valence-electron chi connectivity index (χ3n) is 3.69. The van der Waals surface area contributed by atoms with Gasteiger partial charge in [-0.05, 0) is 43.1 Å². The summed E-state index contributed by atoms with van der Waals surface area (Å²) in [5.74, 6) is -0.185. The molecule has 1 aromatic carbocycles. The van der Waals surface area contributed by atoms with Crippen molar-refractivity contribution < 1.29 is 4.39 Å². The fraction of sp³-hybridized carbons (Fsp3) is 0.471. The van der Waals surface area contributed by atoms with Gasteiger partial charge >= 0.3 is 0 Å². The molecule has 1 aromatic heterocycles. The van der Waals surface area contributed by atoms with E-state index in [-0.39, 0.29) is 11.9 Å². The summed E-state index contributed by atoms with van der Waals surface area (Å²) in [6, 6.07) is 9.10. The Hall–Kier alpha value is -1.68. The molecule has 0 saturated carbocycles. The molecule has 0 saturated heterocycles. The van der Waals surface area contributed by atoms with Crippen LogP contribution in [0, 0.1) is 5.82 Å². The van der Waals surface area contributed by atoms with Gasteiger partial charge in [0.15, 0.2) is 0 Å². The highest BCUT2D eigenvalue weighted by molar-refractivity contribution is 5.23. The quantitative estimate of drug-likeness (QED) is 0.846. The summed E-state index contributed by atoms with van der Waals surface area (Å²) < 4.78 is 15.4. The maximum absolute atomic E-state index is 13.5. The minimum atomic E-state index is -0.185. The smallest absolute Gasteiger partial charge is 0.123 e. The van der Waals surface area contributed by atoms with Crippen LogP contribution in [-0.2, 0) is 19.9 Å². The molecule has 1 N–H and O–H groups in total. The normalized spacial score (nSPS) is 12.6. The lowest BCUT2D eigenvalue weighted by atomic mass is 10.0. The lowest BCUT2D eigenvalue weighted by Crippen LogP contribution is -2.25. The molecule has 2 rings (SSSR count). The van der Waals surface area contributed by atoms with Gasteiger partial charge in [0.25, 0.3) is 0 Å². The van der Waals surface area contributed by atoms with Crippen molar-refractivity contribution in [3.05, 3.63) is 53.1 Å². The van der Waals surface area contributed by atoms with Crippen LogP contribution in [-0.4, -0.2) is 16.3 Å². The Morgan fingerprint density at radius 1 is 1.29 bits per heavy atom. The van der Waals surface area contributed by atoms with Crippen LogP contribution in [0.4, 0.5) is 4.39 Å². The highest BCUT2D eigenvalue weighted by atomic mass is 19.1. The van der Waals surface area contributed by atoms with Gasteiger partial charge in [-0.15, -0.1) is 0 Å². The molecular weight excluding hydrogens is 265 g/mol. The zero-order chi connectivity index (χ0) is 15.2. The second-order valence-electron chi connectivity index (χ2n) is 5.37. The molecule has 1 atom stereocenters. The molecule has 1 unspecified atom stereocenters. The summed E-state index contributed by atoms with van der Waals surface area (Å²) in [6.07, 6.45) is 2.80. The Bertz CT molecular complexity index is 577. The molecule has 21 heavy (non-hydrogen) atoms. The molecule has 0 aliphatic heterocycles. The van der Waals surface area contributed by atoms with E-state index in [1.807, 2.05) is 17.8 Å². The van der Waals surface area contributed by atoms with Crippen LogP contribution in [0.3, 0.4) is 0 Å². The Morgan fingerprint density at radius 2 is 2.10 bits per heavy atom. The van der Waals surface area contributed by atoms with E-state index >= 15 is 0 Å². The van der Waals surface area contributed by atoms with Gasteiger partial charge in [-0.2, -0.15) is 5.10 Å². The zero-order valence-corrected chi connectivity index (χ0v) is 13.1. The van der Waals surface area contributed by atoms with E-state index in [1.54, 1.807) is 12.1 Å². The third kappa shape index (κ3) is 4.14. The zero-order valence-electron chi connectivity index (χ0n) is 13.1. The highest BCUT2D eigenvalue weighted by Crippen LogP contribution is 2.20. The average Bonchev–Trinajstić information content (AvgIpc) is 2.83. The molecule has 4 heteroatoms. The van der Waals surface area contributed by atoms with Crippen molar-refractivity contribution in [3.63, 3.8) is 0 Å². The Kier molecular flexibility index (Phi) is 5.51. The molecule has 0 aliphatic rings. The highest BCUT2D eigenvalue weighted by Gasteiger charge is 2.15. The van der Waals surface area contributed by atoms with Crippen LogP contribution in [0.1, 0.15) is 43.3 Å². The summed E-state index contributed by atoms with van der Waals surface area (Å²) in [4.78, 5) is 0. The number of aromatic nitrogens is 2. The molecule has 0 fully saturated rings. The van der Waals surface area contributed by atoms with E-state index in [4.69, 9.17) is 0 Å². The molecule has 3 nitrogen and oxygen atoms in total. The first kappa shape index (κ1) is 15.7. The van der Waals surface area contributed by atoms with Crippen LogP contribution >= 0.6 is 0 Å². The van der Waals surface area contributed by atoms with E-state index < -0.39 is 0 Å². The molecule has 2 aromatic rings. The molecule has 1 heterocycles. The van der Waals surface area contributed by atoms with Crippen LogP contribution in [0.5, 0.6) is 0 Å². The van der Waals surface area contributed by atoms with Gasteiger partial charge in [-0.3, -0.25) is 4.68 Å². The number of nitrogens with zero attached hydrogens (tertiary/aromatic N) is 2. The SMILES string of the molecule is CCCNC(Cc1cc(CC)nn1C)c1cccc(F)c1. The van der Waals surface area contributed by atoms with Crippen LogP contribution < -0.4 is 5.32 Å². The molecular formula is C17H24FN3. The number of hydrogen-bond donors (Lipinski definition) is 1. The van der Waals surface area contributed by atoms with E-state index in [2.05, 4.69) is 30.3 Å². The molecule has 0 amide bonds. The Balaban J connectivity index is 2.21. The molecule has 0 radical (unpaired) electrons. The number of rotatable bonds is 7. The number of nitrogens with one attached hydrogen (secondary N) is 1. The summed E-state index contributed by atoms with van der Waals surface area (Å²) in [5, 5.41) is 8.00. The van der Waals surface area contributed by atoms with Crippen molar-refractivity contribution in [1.82, 2.24) is 15.1 Å². The lowest BCUT2D eigenvalue weighted by molar-refractivity contribution is 0.508.